The van der Waals surface area contributed by atoms with Crippen molar-refractivity contribution in [3.63, 3.8) is 0 Å². The molecule has 1 aromatic carbocycles. The minimum Gasteiger partial charge on any atom is -0.496 e. The Morgan fingerprint density at radius 2 is 1.86 bits per heavy atom. The standard InChI is InChI=1S/C15H23NO4S/c1-10-5-6-16(9-14(10)17)21(18,19)13-7-11(2)15(20-4)12(3)8-13/h7-8,10,14,17H,5-6,9H2,1-4H3/t10-,14+/m0/s1. The quantitative estimate of drug-likeness (QED) is 0.922. The van der Waals surface area contributed by atoms with E-state index in [1.807, 2.05) is 20.8 Å². The van der Waals surface area contributed by atoms with Gasteiger partial charge in [-0.15, -0.1) is 0 Å². The van der Waals surface area contributed by atoms with E-state index in [-0.39, 0.29) is 17.4 Å². The number of aliphatic hydroxyl groups is 1. The lowest BCUT2D eigenvalue weighted by Gasteiger charge is -2.33. The number of rotatable bonds is 3. The first-order valence-corrected chi connectivity index (χ1v) is 8.55. The molecule has 0 amide bonds. The third-order valence-electron chi connectivity index (χ3n) is 4.16. The van der Waals surface area contributed by atoms with E-state index in [9.17, 15) is 13.5 Å². The normalized spacial score (nSPS) is 24.0. The van der Waals surface area contributed by atoms with E-state index in [1.165, 1.54) is 4.31 Å². The molecule has 0 aliphatic carbocycles. The van der Waals surface area contributed by atoms with Gasteiger partial charge in [-0.3, -0.25) is 0 Å². The Labute approximate surface area is 126 Å². The second-order valence-electron chi connectivity index (χ2n) is 5.79. The van der Waals surface area contributed by atoms with Crippen LogP contribution in [0.4, 0.5) is 0 Å². The van der Waals surface area contributed by atoms with E-state index in [2.05, 4.69) is 0 Å². The van der Waals surface area contributed by atoms with Crippen LogP contribution in [0.2, 0.25) is 0 Å². The molecule has 6 heteroatoms. The molecule has 0 unspecified atom stereocenters. The number of nitrogens with zero attached hydrogens (tertiary/aromatic N) is 1. The molecule has 2 atom stereocenters. The first kappa shape index (κ1) is 16.3. The Balaban J connectivity index is 2.36. The monoisotopic (exact) mass is 313 g/mol. The van der Waals surface area contributed by atoms with E-state index < -0.39 is 16.1 Å². The lowest BCUT2D eigenvalue weighted by molar-refractivity contribution is 0.0605. The fourth-order valence-electron chi connectivity index (χ4n) is 2.77. The summed E-state index contributed by atoms with van der Waals surface area (Å²) in [4.78, 5) is 0.264. The Morgan fingerprint density at radius 1 is 1.29 bits per heavy atom. The molecule has 1 aliphatic heterocycles. The molecule has 0 bridgehead atoms. The summed E-state index contributed by atoms with van der Waals surface area (Å²) in [6.07, 6.45) is 0.0723. The third kappa shape index (κ3) is 3.07. The number of hydrogen-bond donors (Lipinski definition) is 1. The topological polar surface area (TPSA) is 66.8 Å². The highest BCUT2D eigenvalue weighted by atomic mass is 32.2. The van der Waals surface area contributed by atoms with Crippen molar-refractivity contribution in [1.82, 2.24) is 4.31 Å². The zero-order chi connectivity index (χ0) is 15.8. The summed E-state index contributed by atoms with van der Waals surface area (Å²) in [7, 11) is -2.00. The molecular weight excluding hydrogens is 290 g/mol. The smallest absolute Gasteiger partial charge is 0.243 e. The molecule has 2 rings (SSSR count). The first-order chi connectivity index (χ1) is 9.77. The second-order valence-corrected chi connectivity index (χ2v) is 7.72. The molecule has 1 aromatic rings. The molecule has 1 fully saturated rings. The van der Waals surface area contributed by atoms with Gasteiger partial charge in [-0.25, -0.2) is 8.42 Å². The van der Waals surface area contributed by atoms with Gasteiger partial charge in [0.2, 0.25) is 10.0 Å². The number of hydrogen-bond acceptors (Lipinski definition) is 4. The molecule has 0 saturated carbocycles. The lowest BCUT2D eigenvalue weighted by atomic mass is 9.98. The van der Waals surface area contributed by atoms with Crippen LogP contribution in [-0.4, -0.2) is 44.1 Å². The minimum absolute atomic E-state index is 0.135. The Bertz CT molecular complexity index is 604. The van der Waals surface area contributed by atoms with E-state index >= 15 is 0 Å². The highest BCUT2D eigenvalue weighted by Crippen LogP contribution is 2.29. The molecule has 0 spiro atoms. The van der Waals surface area contributed by atoms with Crippen LogP contribution in [0.3, 0.4) is 0 Å². The zero-order valence-corrected chi connectivity index (χ0v) is 13.8. The summed E-state index contributed by atoms with van der Waals surface area (Å²) in [5.74, 6) is 0.844. The molecule has 1 N–H and O–H groups in total. The average Bonchev–Trinajstić information content (AvgIpc) is 2.41. The van der Waals surface area contributed by atoms with Crippen LogP contribution in [0.1, 0.15) is 24.5 Å². The summed E-state index contributed by atoms with van der Waals surface area (Å²) >= 11 is 0. The van der Waals surface area contributed by atoms with Crippen LogP contribution in [0, 0.1) is 19.8 Å². The predicted molar refractivity (Wildman–Crippen MR) is 81.0 cm³/mol. The number of aliphatic hydroxyl groups excluding tert-OH is 1. The van der Waals surface area contributed by atoms with Crippen molar-refractivity contribution in [2.24, 2.45) is 5.92 Å². The minimum atomic E-state index is -3.57. The Morgan fingerprint density at radius 3 is 2.33 bits per heavy atom. The summed E-state index contributed by atoms with van der Waals surface area (Å²) in [6, 6.07) is 3.26. The molecule has 118 valence electrons. The first-order valence-electron chi connectivity index (χ1n) is 7.10. The lowest BCUT2D eigenvalue weighted by Crippen LogP contribution is -2.45. The SMILES string of the molecule is COc1c(C)cc(S(=O)(=O)N2CC[C@H](C)[C@H](O)C2)cc1C. The average molecular weight is 313 g/mol. The van der Waals surface area contributed by atoms with Gasteiger partial charge in [-0.1, -0.05) is 6.92 Å². The van der Waals surface area contributed by atoms with Gasteiger partial charge in [0, 0.05) is 13.1 Å². The van der Waals surface area contributed by atoms with Crippen molar-refractivity contribution in [3.05, 3.63) is 23.3 Å². The van der Waals surface area contributed by atoms with Crippen LogP contribution in [-0.2, 0) is 10.0 Å². The molecule has 1 heterocycles. The van der Waals surface area contributed by atoms with Gasteiger partial charge in [-0.2, -0.15) is 4.31 Å². The Hall–Kier alpha value is -1.11. The van der Waals surface area contributed by atoms with Crippen molar-refractivity contribution < 1.29 is 18.3 Å². The van der Waals surface area contributed by atoms with Crippen LogP contribution < -0.4 is 4.74 Å². The van der Waals surface area contributed by atoms with Crippen molar-refractivity contribution in [2.45, 2.75) is 38.2 Å². The van der Waals surface area contributed by atoms with Crippen LogP contribution in [0.5, 0.6) is 5.75 Å². The van der Waals surface area contributed by atoms with Crippen molar-refractivity contribution in [3.8, 4) is 5.75 Å². The number of piperidine rings is 1. The summed E-state index contributed by atoms with van der Waals surface area (Å²) in [6.45, 7) is 6.21. The maximum Gasteiger partial charge on any atom is 0.243 e. The van der Waals surface area contributed by atoms with E-state index in [0.717, 1.165) is 11.1 Å². The largest absolute Gasteiger partial charge is 0.496 e. The fraction of sp³-hybridized carbons (Fsp3) is 0.600. The maximum atomic E-state index is 12.7. The van der Waals surface area contributed by atoms with Crippen LogP contribution in [0.25, 0.3) is 0 Å². The van der Waals surface area contributed by atoms with Crippen molar-refractivity contribution in [1.29, 1.82) is 0 Å². The molecule has 0 aromatic heterocycles. The molecule has 1 aliphatic rings. The molecule has 0 radical (unpaired) electrons. The van der Waals surface area contributed by atoms with Gasteiger partial charge < -0.3 is 9.84 Å². The van der Waals surface area contributed by atoms with E-state index in [0.29, 0.717) is 18.7 Å². The molecule has 1 saturated heterocycles. The predicted octanol–water partition coefficient (Wildman–Crippen LogP) is 1.70. The van der Waals surface area contributed by atoms with Gasteiger partial charge in [0.25, 0.3) is 0 Å². The van der Waals surface area contributed by atoms with Gasteiger partial charge >= 0.3 is 0 Å². The zero-order valence-electron chi connectivity index (χ0n) is 13.0. The van der Waals surface area contributed by atoms with Crippen molar-refractivity contribution >= 4 is 10.0 Å². The molecule has 21 heavy (non-hydrogen) atoms. The number of methoxy groups -OCH3 is 1. The van der Waals surface area contributed by atoms with Gasteiger partial charge in [0.05, 0.1) is 18.1 Å². The molecule has 5 nitrogen and oxygen atoms in total. The highest BCUT2D eigenvalue weighted by Gasteiger charge is 2.33. The van der Waals surface area contributed by atoms with Gasteiger partial charge in [0.1, 0.15) is 5.75 Å². The third-order valence-corrected chi connectivity index (χ3v) is 6.00. The number of benzene rings is 1. The molecular formula is C15H23NO4S. The highest BCUT2D eigenvalue weighted by molar-refractivity contribution is 7.89. The van der Waals surface area contributed by atoms with E-state index in [1.54, 1.807) is 19.2 Å². The Kier molecular flexibility index (Phi) is 4.60. The van der Waals surface area contributed by atoms with E-state index in [4.69, 9.17) is 4.74 Å². The van der Waals surface area contributed by atoms with Gasteiger partial charge in [0.15, 0.2) is 0 Å². The number of ether oxygens (including phenoxy) is 1. The maximum absolute atomic E-state index is 12.7. The second kappa shape index (κ2) is 5.94. The summed E-state index contributed by atoms with van der Waals surface area (Å²) in [5, 5.41) is 9.92. The van der Waals surface area contributed by atoms with Crippen LogP contribution in [0.15, 0.2) is 17.0 Å². The number of aryl methyl sites for hydroxylation is 2. The van der Waals surface area contributed by atoms with Gasteiger partial charge in [-0.05, 0) is 49.4 Å². The summed E-state index contributed by atoms with van der Waals surface area (Å²) in [5.41, 5.74) is 1.59. The van der Waals surface area contributed by atoms with Crippen LogP contribution >= 0.6 is 0 Å². The fourth-order valence-corrected chi connectivity index (χ4v) is 4.41. The number of sulfonamides is 1. The summed E-state index contributed by atoms with van der Waals surface area (Å²) < 4.78 is 32.1. The number of β-amino-alcohol motifs (C(OH)–C–C–N with tert-alkyl or cyclic N) is 1. The van der Waals surface area contributed by atoms with Crippen molar-refractivity contribution in [2.75, 3.05) is 20.2 Å².